The topological polar surface area (TPSA) is 83.1 Å². The quantitative estimate of drug-likeness (QED) is 0.541. The van der Waals surface area contributed by atoms with Gasteiger partial charge in [0.15, 0.2) is 5.78 Å². The van der Waals surface area contributed by atoms with Crippen LogP contribution in [0.5, 0.6) is 11.5 Å². The van der Waals surface area contributed by atoms with Crippen LogP contribution in [0.1, 0.15) is 38.8 Å². The van der Waals surface area contributed by atoms with E-state index < -0.39 is 10.8 Å². The minimum Gasteiger partial charge on any atom is -0.497 e. The van der Waals surface area contributed by atoms with E-state index in [9.17, 15) is 15.3 Å². The zero-order valence-electron chi connectivity index (χ0n) is 20.2. The molecule has 0 heterocycles. The Morgan fingerprint density at radius 3 is 1.50 bits per heavy atom. The van der Waals surface area contributed by atoms with Gasteiger partial charge in [-0.3, -0.25) is 4.79 Å². The molecule has 170 valence electrons. The molecule has 0 atom stereocenters. The van der Waals surface area contributed by atoms with Gasteiger partial charge in [0.2, 0.25) is 0 Å². The monoisotopic (exact) mass is 450 g/mol. The molecule has 0 fully saturated rings. The fraction of sp³-hybridized carbons (Fsp3) is 0.276. The number of ether oxygens (including phenoxy) is 2. The molecule has 0 saturated heterocycles. The number of hydrogen-bond acceptors (Lipinski definition) is 5. The number of fused-ring (bicyclic) bond motifs is 1. The second kappa shape index (κ2) is 8.04. The van der Waals surface area contributed by atoms with Crippen LogP contribution in [0.3, 0.4) is 0 Å². The van der Waals surface area contributed by atoms with Crippen LogP contribution in [0.15, 0.2) is 70.8 Å². The van der Waals surface area contributed by atoms with Crippen molar-refractivity contribution in [3.63, 3.8) is 0 Å². The van der Waals surface area contributed by atoms with Crippen LogP contribution < -0.4 is 9.47 Å². The van der Waals surface area contributed by atoms with E-state index in [0.29, 0.717) is 28.2 Å². The molecule has 2 aromatic carbocycles. The molecular weight excluding hydrogens is 424 g/mol. The van der Waals surface area contributed by atoms with E-state index in [4.69, 9.17) is 9.47 Å². The standard InChI is InChI=1S/C29H26N2O3/c1-28(2)25(18-9-13-21(34-6)14-10-18)23-22(26(28)19(15-30)16-31)24(29(3,4)27(23)32)17-7-11-20(33-5)12-8-17/h7-14H,1-6H3. The van der Waals surface area contributed by atoms with Crippen LogP contribution >= 0.6 is 0 Å². The molecule has 0 amide bonds. The summed E-state index contributed by atoms with van der Waals surface area (Å²) in [5.41, 5.74) is 3.72. The van der Waals surface area contributed by atoms with Crippen molar-refractivity contribution in [2.75, 3.05) is 14.2 Å². The largest absolute Gasteiger partial charge is 0.497 e. The first-order valence-electron chi connectivity index (χ1n) is 11.0. The molecule has 4 rings (SSSR count). The second-order valence-electron chi connectivity index (χ2n) is 9.51. The van der Waals surface area contributed by atoms with Gasteiger partial charge in [0.25, 0.3) is 0 Å². The Hall–Kier alpha value is -4.09. The zero-order valence-corrected chi connectivity index (χ0v) is 20.2. The highest BCUT2D eigenvalue weighted by Crippen LogP contribution is 2.64. The van der Waals surface area contributed by atoms with Gasteiger partial charge in [-0.15, -0.1) is 0 Å². The number of nitrogens with zero attached hydrogens (tertiary/aromatic N) is 2. The first-order valence-corrected chi connectivity index (χ1v) is 11.0. The SMILES string of the molecule is COc1ccc(C2=C3C(=C(c4ccc(OC)cc4)C(C)(C)C3=C(C#N)C#N)C(=O)C2(C)C)cc1. The van der Waals surface area contributed by atoms with Crippen LogP contribution in [0, 0.1) is 33.5 Å². The van der Waals surface area contributed by atoms with Gasteiger partial charge in [-0.05, 0) is 71.5 Å². The van der Waals surface area contributed by atoms with Crippen LogP contribution in [0.4, 0.5) is 0 Å². The lowest BCUT2D eigenvalue weighted by Crippen LogP contribution is -2.24. The zero-order chi connectivity index (χ0) is 24.8. The highest BCUT2D eigenvalue weighted by Gasteiger charge is 2.55. The van der Waals surface area contributed by atoms with Crippen molar-refractivity contribution in [2.24, 2.45) is 10.8 Å². The van der Waals surface area contributed by atoms with E-state index in [1.54, 1.807) is 14.2 Å². The molecule has 0 spiro atoms. The summed E-state index contributed by atoms with van der Waals surface area (Å²) < 4.78 is 10.6. The number of rotatable bonds is 4. The minimum absolute atomic E-state index is 0.0163. The minimum atomic E-state index is -0.839. The van der Waals surface area contributed by atoms with E-state index in [0.717, 1.165) is 22.3 Å². The predicted octanol–water partition coefficient (Wildman–Crippen LogP) is 5.90. The smallest absolute Gasteiger partial charge is 0.173 e. The Morgan fingerprint density at radius 2 is 1.12 bits per heavy atom. The first kappa shape index (κ1) is 23.1. The molecule has 0 radical (unpaired) electrons. The maximum absolute atomic E-state index is 14.0. The molecule has 5 nitrogen and oxygen atoms in total. The van der Waals surface area contributed by atoms with Crippen molar-refractivity contribution >= 4 is 16.9 Å². The van der Waals surface area contributed by atoms with Gasteiger partial charge < -0.3 is 9.47 Å². The fourth-order valence-corrected chi connectivity index (χ4v) is 5.32. The van der Waals surface area contributed by atoms with Crippen molar-refractivity contribution < 1.29 is 14.3 Å². The van der Waals surface area contributed by atoms with E-state index in [1.165, 1.54) is 0 Å². The second-order valence-corrected chi connectivity index (χ2v) is 9.51. The van der Waals surface area contributed by atoms with E-state index in [2.05, 4.69) is 12.1 Å². The summed E-state index contributed by atoms with van der Waals surface area (Å²) in [6.07, 6.45) is 0. The first-order chi connectivity index (χ1) is 16.1. The molecule has 2 aromatic rings. The molecular formula is C29H26N2O3. The Balaban J connectivity index is 2.15. The lowest BCUT2D eigenvalue weighted by Gasteiger charge is -2.29. The van der Waals surface area contributed by atoms with Crippen molar-refractivity contribution in [3.05, 3.63) is 82.0 Å². The molecule has 5 heteroatoms. The van der Waals surface area contributed by atoms with Crippen LogP contribution in [-0.2, 0) is 4.79 Å². The Kier molecular flexibility index (Phi) is 5.46. The normalized spacial score (nSPS) is 17.9. The number of benzene rings is 2. The third kappa shape index (κ3) is 3.17. The third-order valence-corrected chi connectivity index (χ3v) is 6.90. The van der Waals surface area contributed by atoms with Crippen LogP contribution in [0.2, 0.25) is 0 Å². The van der Waals surface area contributed by atoms with Gasteiger partial charge in [-0.2, -0.15) is 10.5 Å². The van der Waals surface area contributed by atoms with Gasteiger partial charge in [0.05, 0.1) is 19.6 Å². The lowest BCUT2D eigenvalue weighted by atomic mass is 9.72. The summed E-state index contributed by atoms with van der Waals surface area (Å²) in [4.78, 5) is 14.0. The Morgan fingerprint density at radius 1 is 0.706 bits per heavy atom. The predicted molar refractivity (Wildman–Crippen MR) is 131 cm³/mol. The summed E-state index contributed by atoms with van der Waals surface area (Å²) in [7, 11) is 3.21. The number of carbonyl (C=O) groups is 1. The van der Waals surface area contributed by atoms with E-state index >= 15 is 0 Å². The van der Waals surface area contributed by atoms with Gasteiger partial charge in [-0.25, -0.2) is 0 Å². The molecule has 0 unspecified atom stereocenters. The summed E-state index contributed by atoms with van der Waals surface area (Å²) in [6.45, 7) is 7.76. The number of nitriles is 2. The average Bonchev–Trinajstić information content (AvgIpc) is 3.18. The number of allylic oxidation sites excluding steroid dienone is 6. The molecule has 2 aliphatic rings. The van der Waals surface area contributed by atoms with Gasteiger partial charge in [0, 0.05) is 11.0 Å². The molecule has 0 aliphatic heterocycles. The molecule has 0 N–H and O–H groups in total. The molecule has 2 aliphatic carbocycles. The number of Topliss-reactive ketones (excluding diaryl/α,β-unsaturated/α-hetero) is 1. The number of carbonyl (C=O) groups excluding carboxylic acids is 1. The van der Waals surface area contributed by atoms with Crippen LogP contribution in [-0.4, -0.2) is 20.0 Å². The van der Waals surface area contributed by atoms with Crippen molar-refractivity contribution in [1.29, 1.82) is 10.5 Å². The molecule has 34 heavy (non-hydrogen) atoms. The Bertz CT molecular complexity index is 1350. The fourth-order valence-electron chi connectivity index (χ4n) is 5.32. The van der Waals surface area contributed by atoms with E-state index in [-0.39, 0.29) is 11.4 Å². The number of ketones is 1. The van der Waals surface area contributed by atoms with Gasteiger partial charge in [0.1, 0.15) is 29.2 Å². The number of methoxy groups -OCH3 is 2. The number of hydrogen-bond donors (Lipinski definition) is 0. The maximum atomic E-state index is 14.0. The summed E-state index contributed by atoms with van der Waals surface area (Å²) in [5, 5.41) is 19.8. The highest BCUT2D eigenvalue weighted by molar-refractivity contribution is 6.25. The summed E-state index contributed by atoms with van der Waals surface area (Å²) in [5.74, 6) is 1.41. The van der Waals surface area contributed by atoms with Crippen molar-refractivity contribution in [1.82, 2.24) is 0 Å². The third-order valence-electron chi connectivity index (χ3n) is 6.90. The molecule has 0 aromatic heterocycles. The van der Waals surface area contributed by atoms with E-state index in [1.807, 2.05) is 76.2 Å². The van der Waals surface area contributed by atoms with Gasteiger partial charge in [-0.1, -0.05) is 38.1 Å². The van der Waals surface area contributed by atoms with Crippen molar-refractivity contribution in [2.45, 2.75) is 27.7 Å². The highest BCUT2D eigenvalue weighted by atomic mass is 16.5. The Labute approximate surface area is 200 Å². The van der Waals surface area contributed by atoms with Gasteiger partial charge >= 0.3 is 0 Å². The maximum Gasteiger partial charge on any atom is 0.173 e. The van der Waals surface area contributed by atoms with Crippen molar-refractivity contribution in [3.8, 4) is 23.6 Å². The lowest BCUT2D eigenvalue weighted by molar-refractivity contribution is -0.119. The molecule has 0 saturated carbocycles. The summed E-state index contributed by atoms with van der Waals surface area (Å²) >= 11 is 0. The summed E-state index contributed by atoms with van der Waals surface area (Å²) in [6, 6.07) is 19.3. The molecule has 0 bridgehead atoms. The van der Waals surface area contributed by atoms with Crippen LogP contribution in [0.25, 0.3) is 11.1 Å². The average molecular weight is 451 g/mol.